The summed E-state index contributed by atoms with van der Waals surface area (Å²) in [6, 6.07) is 44.9. The van der Waals surface area contributed by atoms with Gasteiger partial charge < -0.3 is 24.5 Å². The minimum absolute atomic E-state index is 0.351. The molecule has 0 aromatic heterocycles. The second-order valence-corrected chi connectivity index (χ2v) is 25.5. The van der Waals surface area contributed by atoms with Crippen LogP contribution in [0.2, 0.25) is 0 Å². The van der Waals surface area contributed by atoms with Crippen LogP contribution in [0.3, 0.4) is 0 Å². The molecule has 4 heterocycles. The Morgan fingerprint density at radius 1 is 0.310 bits per heavy atom. The van der Waals surface area contributed by atoms with Crippen LogP contribution in [0.4, 0.5) is 34.1 Å². The molecule has 1 fully saturated rings. The van der Waals surface area contributed by atoms with Crippen molar-refractivity contribution in [3.8, 4) is 0 Å². The molecule has 84 heavy (non-hydrogen) atoms. The smallest absolute Gasteiger partial charge is 0.0984 e. The Kier molecular flexibility index (Phi) is 20.9. The van der Waals surface area contributed by atoms with E-state index in [1.807, 2.05) is 0 Å². The van der Waals surface area contributed by atoms with E-state index in [0.717, 1.165) is 39.0 Å². The van der Waals surface area contributed by atoms with Gasteiger partial charge in [0, 0.05) is 73.9 Å². The van der Waals surface area contributed by atoms with Gasteiger partial charge in [0.05, 0.1) is 24.7 Å². The van der Waals surface area contributed by atoms with Crippen LogP contribution in [0.25, 0.3) is 0 Å². The molecule has 7 aromatic carbocycles. The summed E-state index contributed by atoms with van der Waals surface area (Å²) < 4.78 is 0. The number of rotatable bonds is 4. The van der Waals surface area contributed by atoms with E-state index >= 15 is 0 Å². The lowest BCUT2D eigenvalue weighted by Gasteiger charge is -2.37. The molecule has 0 aliphatic carbocycles. The fourth-order valence-corrected chi connectivity index (χ4v) is 13.3. The molecule has 0 saturated carbocycles. The zero-order valence-electron chi connectivity index (χ0n) is 55.5. The summed E-state index contributed by atoms with van der Waals surface area (Å²) in [7, 11) is 8.89. The Balaban J connectivity index is 0.000000147. The Hall–Kier alpha value is -6.58. The van der Waals surface area contributed by atoms with E-state index < -0.39 is 0 Å². The van der Waals surface area contributed by atoms with Crippen molar-refractivity contribution in [2.75, 3.05) is 78.9 Å². The van der Waals surface area contributed by atoms with Crippen molar-refractivity contribution in [1.29, 1.82) is 0 Å². The number of benzene rings is 7. The third-order valence-electron chi connectivity index (χ3n) is 19.5. The van der Waals surface area contributed by atoms with Crippen molar-refractivity contribution >= 4 is 34.1 Å². The highest BCUT2D eigenvalue weighted by atomic mass is 15.4. The van der Waals surface area contributed by atoms with Crippen LogP contribution < -0.4 is 24.5 Å². The van der Waals surface area contributed by atoms with Crippen LogP contribution in [0, 0.1) is 83.1 Å². The summed E-state index contributed by atoms with van der Waals surface area (Å²) in [5.74, 6) is 0. The molecule has 8 heteroatoms. The molecule has 0 bridgehead atoms. The van der Waals surface area contributed by atoms with Gasteiger partial charge in [0.2, 0.25) is 0 Å². The number of likely N-dealkylation sites (N-methyl/N-ethyl adjacent to an activating group) is 1. The van der Waals surface area contributed by atoms with E-state index in [0.29, 0.717) is 24.7 Å². The molecule has 4 atom stereocenters. The van der Waals surface area contributed by atoms with Gasteiger partial charge in [0.25, 0.3) is 0 Å². The number of fused-ring (bicyclic) bond motifs is 3. The van der Waals surface area contributed by atoms with Crippen molar-refractivity contribution in [2.24, 2.45) is 0 Å². The van der Waals surface area contributed by atoms with Gasteiger partial charge in [-0.3, -0.25) is 14.7 Å². The first-order valence-electron chi connectivity index (χ1n) is 31.4. The molecular weight excluding hydrogens is 1020 g/mol. The quantitative estimate of drug-likeness (QED) is 0.172. The van der Waals surface area contributed by atoms with Crippen LogP contribution in [0.1, 0.15) is 130 Å². The third-order valence-corrected chi connectivity index (χ3v) is 19.5. The van der Waals surface area contributed by atoms with Gasteiger partial charge in [-0.2, -0.15) is 0 Å². The first-order valence-corrected chi connectivity index (χ1v) is 31.4. The van der Waals surface area contributed by atoms with Crippen molar-refractivity contribution in [1.82, 2.24) is 14.7 Å². The summed E-state index contributed by atoms with van der Waals surface area (Å²) in [4.78, 5) is 19.9. The SMILES string of the molecule is Cc1cc(C)c(C)c(N2CCCCN(C)C2C)c1.Cc1cc(C)c(C)c(N2CCc3ccccc3N(C)C2C)c1.Cc1cc(C)c(C)c(N2Cc3ccccc3CN(C)C2C)c1.Cc1cc(C)c(C)c(N2c3ccccc3CCN(C)C2C)c1. The van der Waals surface area contributed by atoms with E-state index in [1.54, 1.807) is 0 Å². The van der Waals surface area contributed by atoms with E-state index in [1.165, 1.54) is 149 Å². The standard InChI is InChI=1S/3C20H26N2.C16H26N2/c1-14-10-15(2)16(3)20(11-14)22-13-19-9-7-6-8-18(19)12-21(5)17(22)4;1-14-12-15(2)16(3)20(13-14)22-11-10-18-8-6-7-9-19(18)21(5)17(22)4;1-14-12-15(2)16(3)20(13-14)22-17(4)21(5)11-10-18-8-6-7-9-19(18)22;1-12-10-13(2)14(3)16(11-12)18-9-7-6-8-17(5)15(18)4/h6-11,17H,12-13H2,1-5H3;2*6-9,12-13,17H,10-11H2,1-5H3;10-11,15H,6-9H2,1-5H3. The molecule has 0 spiro atoms. The number of nitrogens with zero attached hydrogens (tertiary/aromatic N) is 8. The van der Waals surface area contributed by atoms with Gasteiger partial charge in [-0.05, 0) is 290 Å². The molecule has 7 aromatic rings. The minimum Gasteiger partial charge on any atom is -0.356 e. The van der Waals surface area contributed by atoms with Crippen LogP contribution in [0.5, 0.6) is 0 Å². The summed E-state index contributed by atoms with van der Waals surface area (Å²) in [6.07, 6.45) is 6.38. The molecular formula is C76H104N8. The Bertz CT molecular complexity index is 3380. The van der Waals surface area contributed by atoms with E-state index in [9.17, 15) is 0 Å². The molecule has 4 aliphatic heterocycles. The van der Waals surface area contributed by atoms with Gasteiger partial charge in [0.1, 0.15) is 0 Å². The maximum absolute atomic E-state index is 2.57. The minimum atomic E-state index is 0.351. The third kappa shape index (κ3) is 14.2. The maximum atomic E-state index is 2.57. The normalized spacial score (nSPS) is 19.4. The Morgan fingerprint density at radius 2 is 0.679 bits per heavy atom. The second kappa shape index (κ2) is 27.6. The average Bonchev–Trinajstić information content (AvgIpc) is 4.04. The molecule has 0 radical (unpaired) electrons. The largest absolute Gasteiger partial charge is 0.356 e. The highest BCUT2D eigenvalue weighted by Crippen LogP contribution is 2.39. The zero-order chi connectivity index (χ0) is 60.8. The summed E-state index contributed by atoms with van der Waals surface area (Å²) >= 11 is 0. The molecule has 8 nitrogen and oxygen atoms in total. The maximum Gasteiger partial charge on any atom is 0.0984 e. The molecule has 0 N–H and O–H groups in total. The van der Waals surface area contributed by atoms with Gasteiger partial charge in [-0.15, -0.1) is 0 Å². The highest BCUT2D eigenvalue weighted by Gasteiger charge is 2.30. The van der Waals surface area contributed by atoms with Crippen molar-refractivity contribution in [3.05, 3.63) is 210 Å². The van der Waals surface area contributed by atoms with Crippen molar-refractivity contribution in [3.63, 3.8) is 0 Å². The fourth-order valence-electron chi connectivity index (χ4n) is 13.3. The topological polar surface area (TPSA) is 25.9 Å². The van der Waals surface area contributed by atoms with Crippen LogP contribution >= 0.6 is 0 Å². The lowest BCUT2D eigenvalue weighted by Crippen LogP contribution is -2.44. The van der Waals surface area contributed by atoms with E-state index in [4.69, 9.17) is 0 Å². The molecule has 4 aliphatic rings. The number of aryl methyl sites for hydroxylation is 8. The van der Waals surface area contributed by atoms with Crippen LogP contribution in [0.15, 0.2) is 121 Å². The average molecular weight is 1130 g/mol. The molecule has 4 unspecified atom stereocenters. The lowest BCUT2D eigenvalue weighted by atomic mass is 10.0. The predicted octanol–water partition coefficient (Wildman–Crippen LogP) is 16.9. The fraction of sp³-hybridized carbons (Fsp3) is 0.447. The monoisotopic (exact) mass is 1130 g/mol. The lowest BCUT2D eigenvalue weighted by molar-refractivity contribution is 0.248. The Labute approximate surface area is 509 Å². The Morgan fingerprint density at radius 3 is 1.20 bits per heavy atom. The predicted molar refractivity (Wildman–Crippen MR) is 365 cm³/mol. The molecule has 11 rings (SSSR count). The summed E-state index contributed by atoms with van der Waals surface area (Å²) in [6.45, 7) is 42.4. The number of hydrogen-bond acceptors (Lipinski definition) is 8. The van der Waals surface area contributed by atoms with Gasteiger partial charge in [-0.25, -0.2) is 0 Å². The second-order valence-electron chi connectivity index (χ2n) is 25.5. The molecule has 0 amide bonds. The summed E-state index contributed by atoms with van der Waals surface area (Å²) in [5.41, 5.74) is 30.5. The van der Waals surface area contributed by atoms with Gasteiger partial charge in [0.15, 0.2) is 0 Å². The van der Waals surface area contributed by atoms with Gasteiger partial charge in [-0.1, -0.05) is 84.9 Å². The van der Waals surface area contributed by atoms with Crippen molar-refractivity contribution < 1.29 is 0 Å². The first-order chi connectivity index (χ1) is 39.9. The van der Waals surface area contributed by atoms with E-state index in [2.05, 4.69) is 299 Å². The number of anilines is 6. The van der Waals surface area contributed by atoms with Crippen LogP contribution in [-0.2, 0) is 25.9 Å². The van der Waals surface area contributed by atoms with E-state index in [-0.39, 0.29) is 0 Å². The van der Waals surface area contributed by atoms with Gasteiger partial charge >= 0.3 is 0 Å². The number of hydrogen-bond donors (Lipinski definition) is 0. The number of para-hydroxylation sites is 2. The first kappa shape index (κ1) is 63.4. The summed E-state index contributed by atoms with van der Waals surface area (Å²) in [5, 5.41) is 0. The zero-order valence-corrected chi connectivity index (χ0v) is 55.5. The molecule has 1 saturated heterocycles. The van der Waals surface area contributed by atoms with Crippen molar-refractivity contribution in [2.45, 2.75) is 174 Å². The molecule has 448 valence electrons. The highest BCUT2D eigenvalue weighted by molar-refractivity contribution is 5.72. The van der Waals surface area contributed by atoms with Crippen LogP contribution in [-0.4, -0.2) is 93.7 Å².